The molecule has 2 atom stereocenters. The van der Waals surface area contributed by atoms with Gasteiger partial charge < -0.3 is 15.2 Å². The van der Waals surface area contributed by atoms with Gasteiger partial charge in [-0.15, -0.1) is 13.2 Å². The van der Waals surface area contributed by atoms with Crippen LogP contribution in [0.25, 0.3) is 0 Å². The van der Waals surface area contributed by atoms with Crippen LogP contribution in [0.2, 0.25) is 0 Å². The third-order valence-electron chi connectivity index (χ3n) is 3.43. The van der Waals surface area contributed by atoms with E-state index in [-0.39, 0.29) is 11.8 Å². The van der Waals surface area contributed by atoms with E-state index >= 15 is 0 Å². The number of hydrogen-bond acceptors (Lipinski definition) is 3. The Labute approximate surface area is 115 Å². The standard InChI is InChI=1S/C14H18F3NO2/c15-14(16,17)20-11-7-5-10(6-8-11)13(19)12-4-2-1-3-9-18-12/h5-8,12-13,18-19H,1-4,9H2. The average Bonchev–Trinajstić information content (AvgIpc) is 2.66. The van der Waals surface area contributed by atoms with Crippen molar-refractivity contribution in [2.24, 2.45) is 0 Å². The Morgan fingerprint density at radius 1 is 1.15 bits per heavy atom. The molecule has 0 aromatic heterocycles. The molecule has 112 valence electrons. The molecule has 0 saturated carbocycles. The lowest BCUT2D eigenvalue weighted by Gasteiger charge is -2.23. The van der Waals surface area contributed by atoms with Crippen molar-refractivity contribution in [3.63, 3.8) is 0 Å². The Balaban J connectivity index is 2.01. The Hall–Kier alpha value is -1.27. The van der Waals surface area contributed by atoms with Crippen LogP contribution in [0.3, 0.4) is 0 Å². The second-order valence-corrected chi connectivity index (χ2v) is 4.97. The first-order valence-electron chi connectivity index (χ1n) is 6.73. The summed E-state index contributed by atoms with van der Waals surface area (Å²) in [5, 5.41) is 13.5. The van der Waals surface area contributed by atoms with Crippen molar-refractivity contribution in [2.75, 3.05) is 6.54 Å². The third-order valence-corrected chi connectivity index (χ3v) is 3.43. The zero-order valence-corrected chi connectivity index (χ0v) is 11.0. The van der Waals surface area contributed by atoms with Crippen molar-refractivity contribution in [1.29, 1.82) is 0 Å². The van der Waals surface area contributed by atoms with Crippen molar-refractivity contribution in [2.45, 2.75) is 44.2 Å². The van der Waals surface area contributed by atoms with Crippen molar-refractivity contribution < 1.29 is 23.0 Å². The minimum Gasteiger partial charge on any atom is -0.406 e. The Kier molecular flexibility index (Phi) is 4.88. The molecule has 0 amide bonds. The van der Waals surface area contributed by atoms with Crippen molar-refractivity contribution in [3.8, 4) is 5.75 Å². The van der Waals surface area contributed by atoms with Crippen LogP contribution in [-0.4, -0.2) is 24.1 Å². The van der Waals surface area contributed by atoms with E-state index < -0.39 is 12.5 Å². The summed E-state index contributed by atoms with van der Waals surface area (Å²) in [4.78, 5) is 0. The summed E-state index contributed by atoms with van der Waals surface area (Å²) in [5.41, 5.74) is 0.596. The fraction of sp³-hybridized carbons (Fsp3) is 0.571. The van der Waals surface area contributed by atoms with Crippen LogP contribution in [0.15, 0.2) is 24.3 Å². The normalized spacial score (nSPS) is 22.1. The minimum atomic E-state index is -4.69. The first-order valence-corrected chi connectivity index (χ1v) is 6.73. The van der Waals surface area contributed by atoms with Crippen molar-refractivity contribution in [1.82, 2.24) is 5.32 Å². The molecular weight excluding hydrogens is 271 g/mol. The van der Waals surface area contributed by atoms with Crippen LogP contribution in [0.5, 0.6) is 5.75 Å². The van der Waals surface area contributed by atoms with Gasteiger partial charge >= 0.3 is 6.36 Å². The molecule has 6 heteroatoms. The number of rotatable bonds is 3. The molecule has 1 saturated heterocycles. The van der Waals surface area contributed by atoms with Gasteiger partial charge in [0.2, 0.25) is 0 Å². The average molecular weight is 289 g/mol. The molecule has 1 aromatic carbocycles. The number of hydrogen-bond donors (Lipinski definition) is 2. The SMILES string of the molecule is OC(c1ccc(OC(F)(F)F)cc1)C1CCCCCN1. The summed E-state index contributed by atoms with van der Waals surface area (Å²) < 4.78 is 40.0. The third kappa shape index (κ3) is 4.38. The number of nitrogens with one attached hydrogen (secondary N) is 1. The molecule has 1 aliphatic heterocycles. The van der Waals surface area contributed by atoms with Gasteiger partial charge in [0.05, 0.1) is 6.10 Å². The van der Waals surface area contributed by atoms with Crippen molar-refractivity contribution >= 4 is 0 Å². The zero-order valence-electron chi connectivity index (χ0n) is 11.0. The number of benzene rings is 1. The molecule has 1 fully saturated rings. The van der Waals surface area contributed by atoms with Gasteiger partial charge in [-0.1, -0.05) is 25.0 Å². The molecular formula is C14H18F3NO2. The molecule has 2 unspecified atom stereocenters. The Bertz CT molecular complexity index is 411. The molecule has 0 spiro atoms. The molecule has 1 aromatic rings. The fourth-order valence-electron chi connectivity index (χ4n) is 2.42. The number of aliphatic hydroxyl groups excluding tert-OH is 1. The summed E-state index contributed by atoms with van der Waals surface area (Å²) in [6.45, 7) is 0.858. The molecule has 3 nitrogen and oxygen atoms in total. The molecule has 0 radical (unpaired) electrons. The largest absolute Gasteiger partial charge is 0.573 e. The maximum atomic E-state index is 12.1. The molecule has 0 bridgehead atoms. The molecule has 2 rings (SSSR count). The number of halogens is 3. The summed E-state index contributed by atoms with van der Waals surface area (Å²) in [5.74, 6) is -0.276. The van der Waals surface area contributed by atoms with Crippen LogP contribution in [-0.2, 0) is 0 Å². The van der Waals surface area contributed by atoms with Gasteiger partial charge in [-0.25, -0.2) is 0 Å². The summed E-state index contributed by atoms with van der Waals surface area (Å²) >= 11 is 0. The van der Waals surface area contributed by atoms with E-state index in [1.54, 1.807) is 0 Å². The quantitative estimate of drug-likeness (QED) is 0.898. The van der Waals surface area contributed by atoms with E-state index in [9.17, 15) is 18.3 Å². The van der Waals surface area contributed by atoms with E-state index in [1.807, 2.05) is 0 Å². The van der Waals surface area contributed by atoms with Gasteiger partial charge in [0, 0.05) is 6.04 Å². The second-order valence-electron chi connectivity index (χ2n) is 4.97. The van der Waals surface area contributed by atoms with Crippen molar-refractivity contribution in [3.05, 3.63) is 29.8 Å². The van der Waals surface area contributed by atoms with Crippen LogP contribution < -0.4 is 10.1 Å². The molecule has 1 aliphatic rings. The van der Waals surface area contributed by atoms with E-state index in [4.69, 9.17) is 0 Å². The maximum absolute atomic E-state index is 12.1. The van der Waals surface area contributed by atoms with Gasteiger partial charge in [-0.05, 0) is 37.1 Å². The lowest BCUT2D eigenvalue weighted by atomic mass is 9.98. The van der Waals surface area contributed by atoms with Gasteiger partial charge in [-0.2, -0.15) is 0 Å². The number of alkyl halides is 3. The van der Waals surface area contributed by atoms with Crippen LogP contribution >= 0.6 is 0 Å². The predicted molar refractivity (Wildman–Crippen MR) is 68.3 cm³/mol. The zero-order chi connectivity index (χ0) is 14.6. The lowest BCUT2D eigenvalue weighted by Crippen LogP contribution is -2.34. The van der Waals surface area contributed by atoms with Gasteiger partial charge in [0.25, 0.3) is 0 Å². The Morgan fingerprint density at radius 3 is 2.50 bits per heavy atom. The predicted octanol–water partition coefficient (Wildman–Crippen LogP) is 3.15. The van der Waals surface area contributed by atoms with E-state index in [2.05, 4.69) is 10.1 Å². The second kappa shape index (κ2) is 6.45. The summed E-state index contributed by atoms with van der Waals surface area (Å²) in [6.07, 6.45) is -1.28. The highest BCUT2D eigenvalue weighted by Gasteiger charge is 2.31. The van der Waals surface area contributed by atoms with E-state index in [1.165, 1.54) is 24.3 Å². The topological polar surface area (TPSA) is 41.5 Å². The first kappa shape index (κ1) is 15.1. The molecule has 0 aliphatic carbocycles. The minimum absolute atomic E-state index is 0.0492. The van der Waals surface area contributed by atoms with Gasteiger partial charge in [-0.3, -0.25) is 0 Å². The summed E-state index contributed by atoms with van der Waals surface area (Å²) in [7, 11) is 0. The maximum Gasteiger partial charge on any atom is 0.573 e. The first-order chi connectivity index (χ1) is 9.46. The van der Waals surface area contributed by atoms with Gasteiger partial charge in [0.1, 0.15) is 5.75 Å². The molecule has 1 heterocycles. The molecule has 2 N–H and O–H groups in total. The number of ether oxygens (including phenoxy) is 1. The number of aliphatic hydroxyl groups is 1. The monoisotopic (exact) mass is 289 g/mol. The Morgan fingerprint density at radius 2 is 1.85 bits per heavy atom. The smallest absolute Gasteiger partial charge is 0.406 e. The summed E-state index contributed by atoms with van der Waals surface area (Å²) in [6, 6.07) is 5.34. The highest BCUT2D eigenvalue weighted by molar-refractivity contribution is 5.29. The molecule has 20 heavy (non-hydrogen) atoms. The van der Waals surface area contributed by atoms with E-state index in [0.717, 1.165) is 32.2 Å². The fourth-order valence-corrected chi connectivity index (χ4v) is 2.42. The highest BCUT2D eigenvalue weighted by Crippen LogP contribution is 2.27. The van der Waals surface area contributed by atoms with Crippen LogP contribution in [0.1, 0.15) is 37.4 Å². The van der Waals surface area contributed by atoms with Gasteiger partial charge in [0.15, 0.2) is 0 Å². The van der Waals surface area contributed by atoms with E-state index in [0.29, 0.717) is 5.56 Å². The highest BCUT2D eigenvalue weighted by atomic mass is 19.4. The lowest BCUT2D eigenvalue weighted by molar-refractivity contribution is -0.274. The van der Waals surface area contributed by atoms with Crippen LogP contribution in [0.4, 0.5) is 13.2 Å². The van der Waals surface area contributed by atoms with Crippen LogP contribution in [0, 0.1) is 0 Å².